The molecule has 0 saturated heterocycles. The van der Waals surface area contributed by atoms with Gasteiger partial charge in [-0.25, -0.2) is 0 Å². The lowest BCUT2D eigenvalue weighted by Gasteiger charge is -2.12. The minimum absolute atomic E-state index is 0.0651. The van der Waals surface area contributed by atoms with Crippen molar-refractivity contribution in [2.24, 2.45) is 0 Å². The molecule has 0 unspecified atom stereocenters. The first-order chi connectivity index (χ1) is 10.6. The smallest absolute Gasteiger partial charge is 0.224 e. The van der Waals surface area contributed by atoms with Gasteiger partial charge in [0.25, 0.3) is 0 Å². The van der Waals surface area contributed by atoms with Gasteiger partial charge in [-0.05, 0) is 35.4 Å². The molecule has 1 aromatic heterocycles. The summed E-state index contributed by atoms with van der Waals surface area (Å²) in [5.74, 6) is 1.16. The van der Waals surface area contributed by atoms with E-state index in [1.54, 1.807) is 38.7 Å². The normalized spacial score (nSPS) is 10.1. The fourth-order valence-electron chi connectivity index (χ4n) is 1.97. The molecule has 6 heteroatoms. The SMILES string of the molecule is COc1cc(Br)c(CC(=O)NCc2ccncc2)cc1OC. The van der Waals surface area contributed by atoms with E-state index >= 15 is 0 Å². The number of aromatic nitrogens is 1. The van der Waals surface area contributed by atoms with Gasteiger partial charge in [0.05, 0.1) is 20.6 Å². The summed E-state index contributed by atoms with van der Waals surface area (Å²) in [6, 6.07) is 7.33. The number of carbonyl (C=O) groups is 1. The number of pyridine rings is 1. The molecule has 22 heavy (non-hydrogen) atoms. The highest BCUT2D eigenvalue weighted by atomic mass is 79.9. The van der Waals surface area contributed by atoms with Crippen molar-refractivity contribution < 1.29 is 14.3 Å². The molecule has 116 valence electrons. The summed E-state index contributed by atoms with van der Waals surface area (Å²) in [7, 11) is 3.14. The molecule has 0 bridgehead atoms. The number of hydrogen-bond acceptors (Lipinski definition) is 4. The average Bonchev–Trinajstić information content (AvgIpc) is 2.55. The third-order valence-corrected chi connectivity index (χ3v) is 3.88. The van der Waals surface area contributed by atoms with Gasteiger partial charge < -0.3 is 14.8 Å². The summed E-state index contributed by atoms with van der Waals surface area (Å²) in [5, 5.41) is 2.88. The fraction of sp³-hybridized carbons (Fsp3) is 0.250. The number of carbonyl (C=O) groups excluding carboxylic acids is 1. The zero-order chi connectivity index (χ0) is 15.9. The highest BCUT2D eigenvalue weighted by Crippen LogP contribution is 2.33. The van der Waals surface area contributed by atoms with Gasteiger partial charge in [0, 0.05) is 23.4 Å². The second-order valence-corrected chi connectivity index (χ2v) is 5.46. The van der Waals surface area contributed by atoms with Crippen molar-refractivity contribution in [3.63, 3.8) is 0 Å². The van der Waals surface area contributed by atoms with Crippen LogP contribution in [0.25, 0.3) is 0 Å². The molecule has 1 N–H and O–H groups in total. The number of hydrogen-bond donors (Lipinski definition) is 1. The molecular weight excluding hydrogens is 348 g/mol. The summed E-state index contributed by atoms with van der Waals surface area (Å²) < 4.78 is 11.3. The highest BCUT2D eigenvalue weighted by Gasteiger charge is 2.12. The first-order valence-corrected chi connectivity index (χ1v) is 7.49. The number of methoxy groups -OCH3 is 2. The van der Waals surface area contributed by atoms with Gasteiger partial charge in [-0.2, -0.15) is 0 Å². The zero-order valence-electron chi connectivity index (χ0n) is 12.4. The van der Waals surface area contributed by atoms with Crippen LogP contribution in [0.3, 0.4) is 0 Å². The molecule has 0 aliphatic heterocycles. The number of nitrogens with one attached hydrogen (secondary N) is 1. The Morgan fingerprint density at radius 2 is 1.82 bits per heavy atom. The van der Waals surface area contributed by atoms with Crippen molar-refractivity contribution in [1.82, 2.24) is 10.3 Å². The molecule has 1 aromatic carbocycles. The average molecular weight is 365 g/mol. The topological polar surface area (TPSA) is 60.5 Å². The van der Waals surface area contributed by atoms with Crippen LogP contribution in [-0.2, 0) is 17.8 Å². The number of amides is 1. The molecular formula is C16H17BrN2O3. The van der Waals surface area contributed by atoms with E-state index in [4.69, 9.17) is 9.47 Å². The van der Waals surface area contributed by atoms with Crippen LogP contribution in [0, 0.1) is 0 Å². The van der Waals surface area contributed by atoms with Gasteiger partial charge in [0.15, 0.2) is 11.5 Å². The molecule has 0 fully saturated rings. The molecule has 1 heterocycles. The van der Waals surface area contributed by atoms with E-state index in [9.17, 15) is 4.79 Å². The van der Waals surface area contributed by atoms with Crippen LogP contribution in [0.4, 0.5) is 0 Å². The van der Waals surface area contributed by atoms with E-state index < -0.39 is 0 Å². The van der Waals surface area contributed by atoms with Crippen molar-refractivity contribution in [3.8, 4) is 11.5 Å². The maximum atomic E-state index is 12.1. The number of nitrogens with zero attached hydrogens (tertiary/aromatic N) is 1. The summed E-state index contributed by atoms with van der Waals surface area (Å²) in [6.45, 7) is 0.478. The summed E-state index contributed by atoms with van der Waals surface area (Å²) in [4.78, 5) is 16.0. The number of rotatable bonds is 6. The third-order valence-electron chi connectivity index (χ3n) is 3.14. The van der Waals surface area contributed by atoms with Crippen LogP contribution in [0.15, 0.2) is 41.1 Å². The Kier molecular flexibility index (Phi) is 5.77. The van der Waals surface area contributed by atoms with E-state index in [1.807, 2.05) is 12.1 Å². The Morgan fingerprint density at radius 1 is 1.18 bits per heavy atom. The minimum atomic E-state index is -0.0651. The minimum Gasteiger partial charge on any atom is -0.493 e. The molecule has 0 aliphatic carbocycles. The Balaban J connectivity index is 2.02. The first-order valence-electron chi connectivity index (χ1n) is 6.70. The molecule has 0 atom stereocenters. The maximum absolute atomic E-state index is 12.1. The number of ether oxygens (including phenoxy) is 2. The quantitative estimate of drug-likeness (QED) is 0.855. The lowest BCUT2D eigenvalue weighted by molar-refractivity contribution is -0.120. The van der Waals surface area contributed by atoms with Gasteiger partial charge in [0.2, 0.25) is 5.91 Å². The zero-order valence-corrected chi connectivity index (χ0v) is 14.0. The predicted molar refractivity (Wildman–Crippen MR) is 87.0 cm³/mol. The second kappa shape index (κ2) is 7.79. The molecule has 0 aliphatic rings. The second-order valence-electron chi connectivity index (χ2n) is 4.61. The largest absolute Gasteiger partial charge is 0.493 e. The van der Waals surface area contributed by atoms with Crippen LogP contribution in [0.5, 0.6) is 11.5 Å². The van der Waals surface area contributed by atoms with Crippen LogP contribution >= 0.6 is 15.9 Å². The maximum Gasteiger partial charge on any atom is 0.224 e. The van der Waals surface area contributed by atoms with Crippen LogP contribution in [0.2, 0.25) is 0 Å². The van der Waals surface area contributed by atoms with E-state index in [0.29, 0.717) is 18.0 Å². The molecule has 0 saturated carbocycles. The van der Waals surface area contributed by atoms with E-state index in [0.717, 1.165) is 15.6 Å². The Morgan fingerprint density at radius 3 is 2.45 bits per heavy atom. The first kappa shape index (κ1) is 16.3. The molecule has 2 aromatic rings. The van der Waals surface area contributed by atoms with E-state index in [2.05, 4.69) is 26.2 Å². The van der Waals surface area contributed by atoms with Crippen LogP contribution < -0.4 is 14.8 Å². The Hall–Kier alpha value is -2.08. The van der Waals surface area contributed by atoms with Gasteiger partial charge in [-0.1, -0.05) is 15.9 Å². The van der Waals surface area contributed by atoms with Crippen molar-refractivity contribution in [2.75, 3.05) is 14.2 Å². The van der Waals surface area contributed by atoms with Crippen molar-refractivity contribution in [2.45, 2.75) is 13.0 Å². The van der Waals surface area contributed by atoms with E-state index in [-0.39, 0.29) is 12.3 Å². The summed E-state index contributed by atoms with van der Waals surface area (Å²) in [5.41, 5.74) is 1.85. The lowest BCUT2D eigenvalue weighted by Crippen LogP contribution is -2.24. The van der Waals surface area contributed by atoms with Crippen LogP contribution in [-0.4, -0.2) is 25.1 Å². The number of benzene rings is 1. The summed E-state index contributed by atoms with van der Waals surface area (Å²) >= 11 is 3.45. The van der Waals surface area contributed by atoms with Gasteiger partial charge in [-0.15, -0.1) is 0 Å². The fourth-order valence-corrected chi connectivity index (χ4v) is 2.43. The number of halogens is 1. The molecule has 5 nitrogen and oxygen atoms in total. The molecule has 2 rings (SSSR count). The molecule has 1 amide bonds. The summed E-state index contributed by atoms with van der Waals surface area (Å²) in [6.07, 6.45) is 3.66. The van der Waals surface area contributed by atoms with E-state index in [1.165, 1.54) is 0 Å². The molecule has 0 radical (unpaired) electrons. The van der Waals surface area contributed by atoms with Gasteiger partial charge in [0.1, 0.15) is 0 Å². The highest BCUT2D eigenvalue weighted by molar-refractivity contribution is 9.10. The Labute approximate surface area is 137 Å². The third kappa shape index (κ3) is 4.21. The standard InChI is InChI=1S/C16H17BrN2O3/c1-21-14-7-12(13(17)9-15(14)22-2)8-16(20)19-10-11-3-5-18-6-4-11/h3-7,9H,8,10H2,1-2H3,(H,19,20). The van der Waals surface area contributed by atoms with Crippen LogP contribution in [0.1, 0.15) is 11.1 Å². The lowest BCUT2D eigenvalue weighted by atomic mass is 10.1. The molecule has 0 spiro atoms. The van der Waals surface area contributed by atoms with Crippen molar-refractivity contribution in [1.29, 1.82) is 0 Å². The van der Waals surface area contributed by atoms with Crippen molar-refractivity contribution >= 4 is 21.8 Å². The Bertz CT molecular complexity index is 647. The monoisotopic (exact) mass is 364 g/mol. The predicted octanol–water partition coefficient (Wildman–Crippen LogP) is 2.72. The van der Waals surface area contributed by atoms with Crippen molar-refractivity contribution in [3.05, 3.63) is 52.3 Å². The van der Waals surface area contributed by atoms with Gasteiger partial charge in [-0.3, -0.25) is 9.78 Å². The van der Waals surface area contributed by atoms with Gasteiger partial charge >= 0.3 is 0 Å².